The molecule has 0 radical (unpaired) electrons. The Labute approximate surface area is 191 Å². The van der Waals surface area contributed by atoms with Crippen LogP contribution in [0, 0.1) is 0 Å². The highest BCUT2D eigenvalue weighted by atomic mass is 16.5. The zero-order valence-electron chi connectivity index (χ0n) is 18.2. The predicted octanol–water partition coefficient (Wildman–Crippen LogP) is 3.58. The lowest BCUT2D eigenvalue weighted by Gasteiger charge is -2.22. The average Bonchev–Trinajstić information content (AvgIpc) is 3.14. The Morgan fingerprint density at radius 2 is 1.70 bits per heavy atom. The number of benzene rings is 3. The van der Waals surface area contributed by atoms with Crippen molar-refractivity contribution in [1.29, 1.82) is 0 Å². The number of hydrogen-bond acceptors (Lipinski definition) is 4. The number of fused-ring (bicyclic) bond motifs is 1. The topological polar surface area (TPSA) is 87.1 Å². The number of carboxylic acid groups (broad SMARTS) is 1. The van der Waals surface area contributed by atoms with E-state index in [0.29, 0.717) is 24.4 Å². The van der Waals surface area contributed by atoms with Gasteiger partial charge < -0.3 is 19.6 Å². The summed E-state index contributed by atoms with van der Waals surface area (Å²) < 4.78 is 5.15. The monoisotopic (exact) mass is 444 g/mol. The minimum absolute atomic E-state index is 0.0979. The third-order valence-electron chi connectivity index (χ3n) is 5.61. The van der Waals surface area contributed by atoms with E-state index in [1.807, 2.05) is 36.4 Å². The minimum Gasteiger partial charge on any atom is -0.497 e. The van der Waals surface area contributed by atoms with Crippen LogP contribution in [-0.2, 0) is 24.4 Å². The van der Waals surface area contributed by atoms with Gasteiger partial charge in [-0.2, -0.15) is 0 Å². The van der Waals surface area contributed by atoms with Gasteiger partial charge in [-0.15, -0.1) is 0 Å². The van der Waals surface area contributed by atoms with Gasteiger partial charge in [0, 0.05) is 19.6 Å². The maximum atomic E-state index is 13.4. The van der Waals surface area contributed by atoms with E-state index in [1.165, 1.54) is 4.90 Å². The fraction of sp³-hybridized carbons (Fsp3) is 0.192. The van der Waals surface area contributed by atoms with Gasteiger partial charge in [0.25, 0.3) is 11.8 Å². The Kier molecular flexibility index (Phi) is 6.40. The molecule has 0 spiro atoms. The average molecular weight is 444 g/mol. The maximum Gasteiger partial charge on any atom is 0.323 e. The SMILES string of the molecule is COc1ccc(CN(CC(=O)O)C(=O)c2cccc3c2C(=O)N(Cc2ccccc2)C3)cc1. The quantitative estimate of drug-likeness (QED) is 0.574. The first-order valence-electron chi connectivity index (χ1n) is 10.6. The standard InChI is InChI=1S/C26H24N2O5/c1-33-21-12-10-19(11-13-21)15-28(17-23(29)30)25(31)22-9-5-8-20-16-27(26(32)24(20)22)14-18-6-3-2-4-7-18/h2-13H,14-17H2,1H3,(H,29,30). The van der Waals surface area contributed by atoms with Crippen LogP contribution in [0.4, 0.5) is 0 Å². The van der Waals surface area contributed by atoms with E-state index in [1.54, 1.807) is 48.4 Å². The van der Waals surface area contributed by atoms with E-state index in [-0.39, 0.29) is 18.0 Å². The maximum absolute atomic E-state index is 13.4. The molecule has 0 aliphatic carbocycles. The van der Waals surface area contributed by atoms with Crippen LogP contribution in [0.15, 0.2) is 72.8 Å². The van der Waals surface area contributed by atoms with Crippen LogP contribution < -0.4 is 4.74 Å². The molecule has 0 atom stereocenters. The summed E-state index contributed by atoms with van der Waals surface area (Å²) in [7, 11) is 1.56. The molecule has 3 aromatic carbocycles. The zero-order valence-corrected chi connectivity index (χ0v) is 18.2. The van der Waals surface area contributed by atoms with Crippen molar-refractivity contribution in [3.8, 4) is 5.75 Å². The van der Waals surface area contributed by atoms with E-state index < -0.39 is 18.4 Å². The summed E-state index contributed by atoms with van der Waals surface area (Å²) in [6.07, 6.45) is 0. The highest BCUT2D eigenvalue weighted by molar-refractivity contribution is 6.10. The molecule has 0 aromatic heterocycles. The fourth-order valence-electron chi connectivity index (χ4n) is 4.01. The number of methoxy groups -OCH3 is 1. The Bertz CT molecular complexity index is 1180. The molecule has 168 valence electrons. The van der Waals surface area contributed by atoms with Crippen molar-refractivity contribution in [2.24, 2.45) is 0 Å². The van der Waals surface area contributed by atoms with Gasteiger partial charge in [-0.1, -0.05) is 54.6 Å². The molecule has 0 saturated carbocycles. The van der Waals surface area contributed by atoms with E-state index in [2.05, 4.69) is 0 Å². The lowest BCUT2D eigenvalue weighted by molar-refractivity contribution is -0.137. The molecule has 0 fully saturated rings. The van der Waals surface area contributed by atoms with Crippen LogP contribution in [0.1, 0.15) is 37.4 Å². The highest BCUT2D eigenvalue weighted by Crippen LogP contribution is 2.28. The van der Waals surface area contributed by atoms with Gasteiger partial charge in [-0.3, -0.25) is 14.4 Å². The zero-order chi connectivity index (χ0) is 23.4. The van der Waals surface area contributed by atoms with Crippen LogP contribution in [0.3, 0.4) is 0 Å². The lowest BCUT2D eigenvalue weighted by atomic mass is 10.0. The van der Waals surface area contributed by atoms with Gasteiger partial charge in [0.15, 0.2) is 0 Å². The molecular weight excluding hydrogens is 420 g/mol. The van der Waals surface area contributed by atoms with Crippen LogP contribution in [0.25, 0.3) is 0 Å². The van der Waals surface area contributed by atoms with E-state index in [4.69, 9.17) is 4.74 Å². The van der Waals surface area contributed by atoms with Gasteiger partial charge >= 0.3 is 5.97 Å². The smallest absolute Gasteiger partial charge is 0.323 e. The molecule has 1 heterocycles. The second kappa shape index (κ2) is 9.56. The number of rotatable bonds is 8. The first-order chi connectivity index (χ1) is 16.0. The van der Waals surface area contributed by atoms with Gasteiger partial charge in [-0.25, -0.2) is 0 Å². The predicted molar refractivity (Wildman–Crippen MR) is 122 cm³/mol. The molecule has 1 aliphatic heterocycles. The summed E-state index contributed by atoms with van der Waals surface area (Å²) in [5.74, 6) is -1.17. The Morgan fingerprint density at radius 3 is 2.36 bits per heavy atom. The Hall–Kier alpha value is -4.13. The number of nitrogens with zero attached hydrogens (tertiary/aromatic N) is 2. The molecule has 3 aromatic rings. The summed E-state index contributed by atoms with van der Waals surface area (Å²) in [6.45, 7) is 0.464. The first kappa shape index (κ1) is 22.1. The third-order valence-corrected chi connectivity index (χ3v) is 5.61. The van der Waals surface area contributed by atoms with Crippen LogP contribution in [-0.4, -0.2) is 46.3 Å². The molecule has 7 heteroatoms. The van der Waals surface area contributed by atoms with Crippen molar-refractivity contribution in [2.75, 3.05) is 13.7 Å². The Morgan fingerprint density at radius 1 is 0.970 bits per heavy atom. The van der Waals surface area contributed by atoms with E-state index in [0.717, 1.165) is 16.7 Å². The number of carboxylic acids is 1. The molecule has 1 aliphatic rings. The van der Waals surface area contributed by atoms with Crippen molar-refractivity contribution >= 4 is 17.8 Å². The number of ether oxygens (including phenoxy) is 1. The number of hydrogen-bond donors (Lipinski definition) is 1. The second-order valence-corrected chi connectivity index (χ2v) is 7.89. The summed E-state index contributed by atoms with van der Waals surface area (Å²) in [6, 6.07) is 21.9. The molecular formula is C26H24N2O5. The molecule has 0 unspecified atom stereocenters. The summed E-state index contributed by atoms with van der Waals surface area (Å²) >= 11 is 0. The van der Waals surface area contributed by atoms with E-state index in [9.17, 15) is 19.5 Å². The Balaban J connectivity index is 1.60. The van der Waals surface area contributed by atoms with Crippen LogP contribution in [0.2, 0.25) is 0 Å². The molecule has 4 rings (SSSR count). The number of carbonyl (C=O) groups is 3. The van der Waals surface area contributed by atoms with Crippen molar-refractivity contribution in [1.82, 2.24) is 9.80 Å². The summed E-state index contributed by atoms with van der Waals surface area (Å²) in [4.78, 5) is 41.1. The molecule has 2 amide bonds. The number of amides is 2. The number of aliphatic carboxylic acids is 1. The van der Waals surface area contributed by atoms with Crippen molar-refractivity contribution in [3.63, 3.8) is 0 Å². The van der Waals surface area contributed by atoms with Gasteiger partial charge in [0.1, 0.15) is 12.3 Å². The second-order valence-electron chi connectivity index (χ2n) is 7.89. The summed E-state index contributed by atoms with van der Waals surface area (Å²) in [5.41, 5.74) is 3.10. The highest BCUT2D eigenvalue weighted by Gasteiger charge is 2.33. The first-order valence-corrected chi connectivity index (χ1v) is 10.6. The fourth-order valence-corrected chi connectivity index (χ4v) is 4.01. The molecule has 0 bridgehead atoms. The van der Waals surface area contributed by atoms with Gasteiger partial charge in [-0.05, 0) is 34.9 Å². The van der Waals surface area contributed by atoms with Crippen LogP contribution in [0.5, 0.6) is 5.75 Å². The number of carbonyl (C=O) groups excluding carboxylic acids is 2. The minimum atomic E-state index is -1.12. The molecule has 0 saturated heterocycles. The van der Waals surface area contributed by atoms with E-state index >= 15 is 0 Å². The van der Waals surface area contributed by atoms with Gasteiger partial charge in [0.05, 0.1) is 18.2 Å². The lowest BCUT2D eigenvalue weighted by Crippen LogP contribution is -2.36. The molecule has 33 heavy (non-hydrogen) atoms. The largest absolute Gasteiger partial charge is 0.497 e. The normalized spacial score (nSPS) is 12.4. The van der Waals surface area contributed by atoms with Gasteiger partial charge in [0.2, 0.25) is 0 Å². The molecule has 1 N–H and O–H groups in total. The molecule has 7 nitrogen and oxygen atoms in total. The van der Waals surface area contributed by atoms with Crippen molar-refractivity contribution in [3.05, 3.63) is 101 Å². The van der Waals surface area contributed by atoms with Crippen molar-refractivity contribution < 1.29 is 24.2 Å². The third kappa shape index (κ3) is 4.87. The van der Waals surface area contributed by atoms with Crippen LogP contribution >= 0.6 is 0 Å². The van der Waals surface area contributed by atoms with Crippen molar-refractivity contribution in [2.45, 2.75) is 19.6 Å². The summed E-state index contributed by atoms with van der Waals surface area (Å²) in [5, 5.41) is 9.40.